The van der Waals surface area contributed by atoms with Crippen molar-refractivity contribution in [2.75, 3.05) is 19.7 Å². The summed E-state index contributed by atoms with van der Waals surface area (Å²) in [5.74, 6) is -1.08. The Hall–Kier alpha value is -3.35. The number of hydrogen-bond acceptors (Lipinski definition) is 4. The van der Waals surface area contributed by atoms with Gasteiger partial charge in [0.15, 0.2) is 0 Å². The molecule has 1 heterocycles. The second-order valence-corrected chi connectivity index (χ2v) is 8.94. The topological polar surface area (TPSA) is 95.9 Å². The first-order chi connectivity index (χ1) is 15.9. The van der Waals surface area contributed by atoms with Crippen LogP contribution >= 0.6 is 0 Å². The molecule has 7 nitrogen and oxygen atoms in total. The van der Waals surface area contributed by atoms with Crippen LogP contribution in [0.25, 0.3) is 11.1 Å². The number of fused-ring (bicyclic) bond motifs is 3. The summed E-state index contributed by atoms with van der Waals surface area (Å²) in [7, 11) is 0. The van der Waals surface area contributed by atoms with E-state index in [-0.39, 0.29) is 24.9 Å². The zero-order chi connectivity index (χ0) is 23.4. The molecular weight excluding hydrogens is 420 g/mol. The van der Waals surface area contributed by atoms with E-state index in [1.165, 1.54) is 27.2 Å². The van der Waals surface area contributed by atoms with Gasteiger partial charge in [0, 0.05) is 25.4 Å². The van der Waals surface area contributed by atoms with E-state index in [1.807, 2.05) is 24.3 Å². The van der Waals surface area contributed by atoms with Crippen molar-refractivity contribution < 1.29 is 24.2 Å². The van der Waals surface area contributed by atoms with Crippen LogP contribution in [0.5, 0.6) is 0 Å². The lowest BCUT2D eigenvalue weighted by Gasteiger charge is -2.31. The van der Waals surface area contributed by atoms with E-state index in [1.54, 1.807) is 6.92 Å². The van der Waals surface area contributed by atoms with Crippen molar-refractivity contribution in [2.24, 2.45) is 0 Å². The molecule has 174 valence electrons. The summed E-state index contributed by atoms with van der Waals surface area (Å²) in [6.45, 7) is 2.76. The van der Waals surface area contributed by atoms with Crippen LogP contribution in [0.1, 0.15) is 56.1 Å². The van der Waals surface area contributed by atoms with Crippen LogP contribution in [-0.4, -0.2) is 53.2 Å². The van der Waals surface area contributed by atoms with E-state index >= 15 is 0 Å². The number of aliphatic carboxylic acids is 1. The zero-order valence-corrected chi connectivity index (χ0v) is 18.9. The smallest absolute Gasteiger partial charge is 0.407 e. The molecular formula is C26H30N2O5. The summed E-state index contributed by atoms with van der Waals surface area (Å²) in [5.41, 5.74) is 3.60. The molecule has 0 aromatic heterocycles. The van der Waals surface area contributed by atoms with Gasteiger partial charge in [-0.25, -0.2) is 9.59 Å². The Morgan fingerprint density at radius 2 is 1.70 bits per heavy atom. The molecule has 2 N–H and O–H groups in total. The number of rotatable bonds is 8. The second kappa shape index (κ2) is 9.65. The van der Waals surface area contributed by atoms with Gasteiger partial charge in [-0.05, 0) is 54.9 Å². The lowest BCUT2D eigenvalue weighted by atomic mass is 9.98. The van der Waals surface area contributed by atoms with Crippen LogP contribution in [0.2, 0.25) is 0 Å². The van der Waals surface area contributed by atoms with Gasteiger partial charge in [0.05, 0.1) is 0 Å². The van der Waals surface area contributed by atoms with Crippen LogP contribution in [0.3, 0.4) is 0 Å². The van der Waals surface area contributed by atoms with Crippen molar-refractivity contribution in [3.8, 4) is 11.1 Å². The summed E-state index contributed by atoms with van der Waals surface area (Å²) in [5, 5.41) is 12.2. The molecule has 2 aliphatic rings. The SMILES string of the molecule is C[C@]1(C(=O)O)CCCN1C(=O)CCCCNC(=O)OCC1c2ccccc2-c2ccccc21. The largest absolute Gasteiger partial charge is 0.480 e. The molecule has 1 fully saturated rings. The molecule has 2 aromatic carbocycles. The number of benzene rings is 2. The third kappa shape index (κ3) is 4.58. The zero-order valence-electron chi connectivity index (χ0n) is 18.9. The van der Waals surface area contributed by atoms with Crippen LogP contribution in [-0.2, 0) is 14.3 Å². The summed E-state index contributed by atoms with van der Waals surface area (Å²) < 4.78 is 5.51. The molecule has 7 heteroatoms. The van der Waals surface area contributed by atoms with Gasteiger partial charge in [-0.15, -0.1) is 0 Å². The highest BCUT2D eigenvalue weighted by atomic mass is 16.5. The molecule has 1 atom stereocenters. The Bertz CT molecular complexity index is 1010. The van der Waals surface area contributed by atoms with Gasteiger partial charge in [-0.3, -0.25) is 4.79 Å². The molecule has 1 saturated heterocycles. The van der Waals surface area contributed by atoms with E-state index in [0.717, 1.165) is 0 Å². The van der Waals surface area contributed by atoms with Crippen LogP contribution < -0.4 is 5.32 Å². The van der Waals surface area contributed by atoms with E-state index in [9.17, 15) is 19.5 Å². The molecule has 1 aliphatic carbocycles. The van der Waals surface area contributed by atoms with Gasteiger partial charge in [0.1, 0.15) is 12.1 Å². The van der Waals surface area contributed by atoms with E-state index in [4.69, 9.17) is 4.74 Å². The molecule has 2 amide bonds. The third-order valence-electron chi connectivity index (χ3n) is 6.83. The predicted molar refractivity (Wildman–Crippen MR) is 124 cm³/mol. The van der Waals surface area contributed by atoms with Gasteiger partial charge in [-0.1, -0.05) is 48.5 Å². The Morgan fingerprint density at radius 1 is 1.06 bits per heavy atom. The summed E-state index contributed by atoms with van der Waals surface area (Å²) in [4.78, 5) is 37.7. The Labute approximate surface area is 193 Å². The number of nitrogens with one attached hydrogen (secondary N) is 1. The highest BCUT2D eigenvalue weighted by Crippen LogP contribution is 2.44. The van der Waals surface area contributed by atoms with E-state index < -0.39 is 17.6 Å². The first-order valence-corrected chi connectivity index (χ1v) is 11.5. The third-order valence-corrected chi connectivity index (χ3v) is 6.83. The highest BCUT2D eigenvalue weighted by Gasteiger charge is 2.45. The van der Waals surface area contributed by atoms with Crippen molar-refractivity contribution in [2.45, 2.75) is 50.5 Å². The number of hydrogen-bond donors (Lipinski definition) is 2. The standard InChI is InChI=1S/C26H30N2O5/c1-26(24(30)31)14-8-16-28(26)23(29)13-6-7-15-27-25(32)33-17-22-20-11-4-2-9-18(20)19-10-3-5-12-21(19)22/h2-5,9-12,22H,6-8,13-17H2,1H3,(H,27,32)(H,30,31)/t26-/m1/s1. The monoisotopic (exact) mass is 450 g/mol. The van der Waals surface area contributed by atoms with Gasteiger partial charge >= 0.3 is 12.1 Å². The Balaban J connectivity index is 1.20. The molecule has 2 aromatic rings. The number of nitrogens with zero attached hydrogens (tertiary/aromatic N) is 1. The van der Waals surface area contributed by atoms with Gasteiger partial charge in [0.2, 0.25) is 5.91 Å². The predicted octanol–water partition coefficient (Wildman–Crippen LogP) is 4.16. The number of carboxylic acid groups (broad SMARTS) is 1. The van der Waals surface area contributed by atoms with Crippen molar-refractivity contribution in [3.05, 3.63) is 59.7 Å². The first kappa shape index (κ1) is 22.8. The van der Waals surface area contributed by atoms with Crippen molar-refractivity contribution >= 4 is 18.0 Å². The Kier molecular flexibility index (Phi) is 6.67. The molecule has 0 bridgehead atoms. The normalized spacial score (nSPS) is 19.1. The summed E-state index contributed by atoms with van der Waals surface area (Å²) in [6.07, 6.45) is 2.19. The number of unbranched alkanes of at least 4 members (excludes halogenated alkanes) is 1. The number of ether oxygens (including phenoxy) is 1. The van der Waals surface area contributed by atoms with Gasteiger partial charge < -0.3 is 20.1 Å². The van der Waals surface area contributed by atoms with Crippen molar-refractivity contribution in [1.82, 2.24) is 10.2 Å². The second-order valence-electron chi connectivity index (χ2n) is 8.94. The molecule has 0 radical (unpaired) electrons. The lowest BCUT2D eigenvalue weighted by molar-refractivity contribution is -0.155. The number of carboxylic acids is 1. The van der Waals surface area contributed by atoms with Crippen molar-refractivity contribution in [1.29, 1.82) is 0 Å². The number of carbonyl (C=O) groups excluding carboxylic acids is 2. The first-order valence-electron chi connectivity index (χ1n) is 11.5. The minimum atomic E-state index is -1.10. The van der Waals surface area contributed by atoms with Crippen LogP contribution in [0, 0.1) is 0 Å². The summed E-state index contributed by atoms with van der Waals surface area (Å²) >= 11 is 0. The van der Waals surface area contributed by atoms with Gasteiger partial charge in [-0.2, -0.15) is 0 Å². The number of carbonyl (C=O) groups is 3. The number of likely N-dealkylation sites (tertiary alicyclic amines) is 1. The summed E-state index contributed by atoms with van der Waals surface area (Å²) in [6, 6.07) is 16.4. The maximum atomic E-state index is 12.5. The van der Waals surface area contributed by atoms with E-state index in [0.29, 0.717) is 38.8 Å². The number of alkyl carbamates (subject to hydrolysis) is 1. The minimum Gasteiger partial charge on any atom is -0.480 e. The molecule has 0 saturated carbocycles. The molecule has 0 spiro atoms. The quantitative estimate of drug-likeness (QED) is 0.589. The minimum absolute atomic E-state index is 0.0183. The average Bonchev–Trinajstić information content (AvgIpc) is 3.36. The average molecular weight is 451 g/mol. The van der Waals surface area contributed by atoms with Crippen molar-refractivity contribution in [3.63, 3.8) is 0 Å². The molecule has 0 unspecified atom stereocenters. The highest BCUT2D eigenvalue weighted by molar-refractivity contribution is 5.87. The van der Waals surface area contributed by atoms with E-state index in [2.05, 4.69) is 29.6 Å². The maximum Gasteiger partial charge on any atom is 0.407 e. The van der Waals surface area contributed by atoms with Gasteiger partial charge in [0.25, 0.3) is 0 Å². The number of amides is 2. The fraction of sp³-hybridized carbons (Fsp3) is 0.423. The lowest BCUT2D eigenvalue weighted by Crippen LogP contribution is -2.50. The molecule has 4 rings (SSSR count). The van der Waals surface area contributed by atoms with Crippen LogP contribution in [0.15, 0.2) is 48.5 Å². The fourth-order valence-electron chi connectivity index (χ4n) is 4.96. The molecule has 1 aliphatic heterocycles. The maximum absolute atomic E-state index is 12.5. The van der Waals surface area contributed by atoms with Crippen LogP contribution in [0.4, 0.5) is 4.79 Å². The fourth-order valence-corrected chi connectivity index (χ4v) is 4.96. The Morgan fingerprint density at radius 3 is 2.33 bits per heavy atom. The molecule has 33 heavy (non-hydrogen) atoms.